The first-order valence-corrected chi connectivity index (χ1v) is 9.33. The molecule has 1 atom stereocenters. The van der Waals surface area contributed by atoms with E-state index in [2.05, 4.69) is 31.9 Å². The summed E-state index contributed by atoms with van der Waals surface area (Å²) >= 11 is 9.14. The second-order valence-corrected chi connectivity index (χ2v) is 7.28. The molecule has 0 aliphatic carbocycles. The number of amides is 3. The fourth-order valence-electron chi connectivity index (χ4n) is 2.23. The third kappa shape index (κ3) is 6.37. The lowest BCUT2D eigenvalue weighted by atomic mass is 10.2. The highest BCUT2D eigenvalue weighted by molar-refractivity contribution is 9.10. The van der Waals surface area contributed by atoms with Gasteiger partial charge in [0.05, 0.1) is 6.54 Å². The van der Waals surface area contributed by atoms with E-state index >= 15 is 0 Å². The standard InChI is InChI=1S/C19H19BrClN3O3/c1-11-9-14(20)5-8-16(11)24-17(25)10-22-18(26)12(2)23-19(27)13-3-6-15(21)7-4-13/h3-9,12H,10H2,1-2H3,(H,22,26)(H,23,27)(H,24,25). The van der Waals surface area contributed by atoms with Crippen LogP contribution in [0.25, 0.3) is 0 Å². The summed E-state index contributed by atoms with van der Waals surface area (Å²) in [5.74, 6) is -1.21. The number of carbonyl (C=O) groups excluding carboxylic acids is 3. The molecule has 27 heavy (non-hydrogen) atoms. The van der Waals surface area contributed by atoms with E-state index in [1.54, 1.807) is 37.3 Å². The smallest absolute Gasteiger partial charge is 0.251 e. The highest BCUT2D eigenvalue weighted by Gasteiger charge is 2.17. The van der Waals surface area contributed by atoms with Gasteiger partial charge >= 0.3 is 0 Å². The second kappa shape index (κ2) is 9.53. The van der Waals surface area contributed by atoms with Gasteiger partial charge in [0.1, 0.15) is 6.04 Å². The fourth-order valence-corrected chi connectivity index (χ4v) is 2.83. The maximum absolute atomic E-state index is 12.1. The van der Waals surface area contributed by atoms with Crippen molar-refractivity contribution in [2.45, 2.75) is 19.9 Å². The van der Waals surface area contributed by atoms with Gasteiger partial charge in [-0.15, -0.1) is 0 Å². The van der Waals surface area contributed by atoms with Crippen LogP contribution in [0.15, 0.2) is 46.9 Å². The highest BCUT2D eigenvalue weighted by atomic mass is 79.9. The van der Waals surface area contributed by atoms with Gasteiger partial charge < -0.3 is 16.0 Å². The lowest BCUT2D eigenvalue weighted by Crippen LogP contribution is -2.46. The number of aryl methyl sites for hydroxylation is 1. The Labute approximate surface area is 170 Å². The van der Waals surface area contributed by atoms with Crippen molar-refractivity contribution in [1.29, 1.82) is 0 Å². The van der Waals surface area contributed by atoms with Gasteiger partial charge in [0.15, 0.2) is 0 Å². The van der Waals surface area contributed by atoms with Gasteiger partial charge in [-0.2, -0.15) is 0 Å². The molecule has 1 unspecified atom stereocenters. The number of nitrogens with one attached hydrogen (secondary N) is 3. The highest BCUT2D eigenvalue weighted by Crippen LogP contribution is 2.19. The maximum Gasteiger partial charge on any atom is 0.251 e. The Morgan fingerprint density at radius 3 is 2.41 bits per heavy atom. The minimum atomic E-state index is -0.796. The summed E-state index contributed by atoms with van der Waals surface area (Å²) in [6.07, 6.45) is 0. The Bertz CT molecular complexity index is 856. The molecule has 2 aromatic rings. The largest absolute Gasteiger partial charge is 0.345 e. The first-order valence-electron chi connectivity index (χ1n) is 8.16. The average Bonchev–Trinajstić information content (AvgIpc) is 2.62. The lowest BCUT2D eigenvalue weighted by Gasteiger charge is -2.14. The van der Waals surface area contributed by atoms with Crippen molar-refractivity contribution in [2.75, 3.05) is 11.9 Å². The van der Waals surface area contributed by atoms with Crippen LogP contribution in [0.4, 0.5) is 5.69 Å². The number of hydrogen-bond acceptors (Lipinski definition) is 3. The number of halogens is 2. The van der Waals surface area contributed by atoms with Gasteiger partial charge in [-0.1, -0.05) is 27.5 Å². The molecular formula is C19H19BrClN3O3. The molecule has 0 radical (unpaired) electrons. The molecular weight excluding hydrogens is 434 g/mol. The first-order chi connectivity index (χ1) is 12.8. The zero-order valence-corrected chi connectivity index (χ0v) is 17.1. The summed E-state index contributed by atoms with van der Waals surface area (Å²) < 4.78 is 0.913. The van der Waals surface area contributed by atoms with Gasteiger partial charge in [0.2, 0.25) is 11.8 Å². The van der Waals surface area contributed by atoms with Crippen LogP contribution < -0.4 is 16.0 Å². The monoisotopic (exact) mass is 451 g/mol. The third-order valence-corrected chi connectivity index (χ3v) is 4.48. The zero-order valence-electron chi connectivity index (χ0n) is 14.8. The molecule has 2 aromatic carbocycles. The molecule has 142 valence electrons. The number of hydrogen-bond donors (Lipinski definition) is 3. The minimum absolute atomic E-state index is 0.199. The summed E-state index contributed by atoms with van der Waals surface area (Å²) in [6.45, 7) is 3.21. The summed E-state index contributed by atoms with van der Waals surface area (Å²) in [6, 6.07) is 11.0. The van der Waals surface area contributed by atoms with Crippen molar-refractivity contribution in [1.82, 2.24) is 10.6 Å². The Balaban J connectivity index is 1.82. The maximum atomic E-state index is 12.1. The predicted octanol–water partition coefficient (Wildman–Crippen LogP) is 3.28. The van der Waals surface area contributed by atoms with E-state index in [0.717, 1.165) is 10.0 Å². The van der Waals surface area contributed by atoms with E-state index in [1.165, 1.54) is 0 Å². The topological polar surface area (TPSA) is 87.3 Å². The molecule has 0 spiro atoms. The zero-order chi connectivity index (χ0) is 20.0. The number of anilines is 1. The van der Waals surface area contributed by atoms with Gasteiger partial charge in [-0.05, 0) is 61.9 Å². The predicted molar refractivity (Wildman–Crippen MR) is 109 cm³/mol. The van der Waals surface area contributed by atoms with Gasteiger partial charge in [-0.3, -0.25) is 14.4 Å². The van der Waals surface area contributed by atoms with Gasteiger partial charge in [-0.25, -0.2) is 0 Å². The molecule has 0 saturated heterocycles. The van der Waals surface area contributed by atoms with E-state index in [0.29, 0.717) is 16.3 Å². The quantitative estimate of drug-likeness (QED) is 0.628. The van der Waals surface area contributed by atoms with Crippen molar-refractivity contribution in [3.8, 4) is 0 Å². The lowest BCUT2D eigenvalue weighted by molar-refractivity contribution is -0.125. The van der Waals surface area contributed by atoms with Crippen molar-refractivity contribution in [2.24, 2.45) is 0 Å². The molecule has 3 amide bonds. The second-order valence-electron chi connectivity index (χ2n) is 5.93. The molecule has 0 heterocycles. The Hall–Kier alpha value is -2.38. The fraction of sp³-hybridized carbons (Fsp3) is 0.211. The van der Waals surface area contributed by atoms with Crippen molar-refractivity contribution in [3.63, 3.8) is 0 Å². The number of rotatable bonds is 6. The SMILES string of the molecule is Cc1cc(Br)ccc1NC(=O)CNC(=O)C(C)NC(=O)c1ccc(Cl)cc1. The Kier molecular flexibility index (Phi) is 7.38. The first kappa shape index (κ1) is 20.9. The summed E-state index contributed by atoms with van der Waals surface area (Å²) in [7, 11) is 0. The molecule has 0 fully saturated rings. The van der Waals surface area contributed by atoms with Crippen molar-refractivity contribution < 1.29 is 14.4 Å². The summed E-state index contributed by atoms with van der Waals surface area (Å²) in [5.41, 5.74) is 1.96. The molecule has 6 nitrogen and oxygen atoms in total. The molecule has 0 aliphatic rings. The molecule has 2 rings (SSSR count). The Morgan fingerprint density at radius 1 is 1.11 bits per heavy atom. The molecule has 0 aromatic heterocycles. The van der Waals surface area contributed by atoms with Crippen LogP contribution in [0.2, 0.25) is 5.02 Å². The molecule has 8 heteroatoms. The molecule has 3 N–H and O–H groups in total. The van der Waals surface area contributed by atoms with Crippen molar-refractivity contribution in [3.05, 3.63) is 63.1 Å². The molecule has 0 saturated carbocycles. The van der Waals surface area contributed by atoms with E-state index in [1.807, 2.05) is 19.1 Å². The van der Waals surface area contributed by atoms with Gasteiger partial charge in [0.25, 0.3) is 5.91 Å². The van der Waals surface area contributed by atoms with Crippen LogP contribution in [-0.4, -0.2) is 30.3 Å². The summed E-state index contributed by atoms with van der Waals surface area (Å²) in [5, 5.41) is 8.32. The average molecular weight is 453 g/mol. The van der Waals surface area contributed by atoms with Gasteiger partial charge in [0, 0.05) is 20.7 Å². The van der Waals surface area contributed by atoms with E-state index in [-0.39, 0.29) is 12.5 Å². The Morgan fingerprint density at radius 2 is 1.78 bits per heavy atom. The van der Waals surface area contributed by atoms with Crippen LogP contribution in [0.3, 0.4) is 0 Å². The van der Waals surface area contributed by atoms with Crippen molar-refractivity contribution >= 4 is 50.9 Å². The van der Waals surface area contributed by atoms with Crippen LogP contribution in [-0.2, 0) is 9.59 Å². The normalized spacial score (nSPS) is 11.4. The van der Waals surface area contributed by atoms with E-state index in [4.69, 9.17) is 11.6 Å². The minimum Gasteiger partial charge on any atom is -0.345 e. The molecule has 0 bridgehead atoms. The van der Waals surface area contributed by atoms with E-state index < -0.39 is 17.9 Å². The van der Waals surface area contributed by atoms with Crippen LogP contribution in [0.1, 0.15) is 22.8 Å². The third-order valence-electron chi connectivity index (χ3n) is 3.73. The number of carbonyl (C=O) groups is 3. The van der Waals surface area contributed by atoms with E-state index in [9.17, 15) is 14.4 Å². The summed E-state index contributed by atoms with van der Waals surface area (Å²) in [4.78, 5) is 36.2. The number of benzene rings is 2. The molecule has 0 aliphatic heterocycles. The van der Waals surface area contributed by atoms with Crippen LogP contribution in [0, 0.1) is 6.92 Å². The van der Waals surface area contributed by atoms with Crippen LogP contribution in [0.5, 0.6) is 0 Å². The van der Waals surface area contributed by atoms with Crippen LogP contribution >= 0.6 is 27.5 Å².